The van der Waals surface area contributed by atoms with Crippen LogP contribution in [-0.2, 0) is 17.6 Å². The predicted octanol–water partition coefficient (Wildman–Crippen LogP) is 7.95. The maximum Gasteiger partial charge on any atom is 0.183 e. The fourth-order valence-corrected chi connectivity index (χ4v) is 5.92. The van der Waals surface area contributed by atoms with E-state index in [2.05, 4.69) is 60.5 Å². The van der Waals surface area contributed by atoms with Crippen LogP contribution in [0.5, 0.6) is 0 Å². The molecule has 2 unspecified atom stereocenters. The Labute approximate surface area is 238 Å². The molecule has 1 aliphatic rings. The van der Waals surface area contributed by atoms with Gasteiger partial charge in [-0.3, -0.25) is 9.69 Å². The number of ether oxygens (including phenoxy) is 1. The van der Waals surface area contributed by atoms with Crippen molar-refractivity contribution in [2.24, 2.45) is 0 Å². The molecule has 1 N–H and O–H groups in total. The minimum absolute atomic E-state index is 0.0616. The second-order valence-electron chi connectivity index (χ2n) is 11.7. The van der Waals surface area contributed by atoms with Gasteiger partial charge in [0.15, 0.2) is 5.78 Å². The average Bonchev–Trinajstić information content (AvgIpc) is 2.97. The zero-order valence-corrected chi connectivity index (χ0v) is 25.3. The summed E-state index contributed by atoms with van der Waals surface area (Å²) in [6.45, 7) is 6.86. The van der Waals surface area contributed by atoms with Gasteiger partial charge >= 0.3 is 0 Å². The summed E-state index contributed by atoms with van der Waals surface area (Å²) in [7, 11) is 4.08. The molecule has 2 atom stereocenters. The number of morpholine rings is 1. The Bertz CT molecular complexity index is 948. The molecule has 0 spiro atoms. The number of hydrogen-bond donors (Lipinski definition) is 1. The number of carbonyl (C=O) groups is 1. The number of hydrogen-bond acceptors (Lipinski definition) is 4. The van der Waals surface area contributed by atoms with Crippen LogP contribution in [0, 0.1) is 0 Å². The number of nitrogens with one attached hydrogen (secondary N) is 1. The summed E-state index contributed by atoms with van der Waals surface area (Å²) in [5.74, 6) is 0.193. The summed E-state index contributed by atoms with van der Waals surface area (Å²) in [6.07, 6.45) is 16.4. The number of nitrogens with zero attached hydrogens (tertiary/aromatic N) is 1. The SMILES string of the molecule is CCCCCCCCCCCCc1ccc(CC(CC)(C(=O)c2ccc(C3CNCCO3)cc2)N(C)C)cc1. The quantitative estimate of drug-likeness (QED) is 0.156. The predicted molar refractivity (Wildman–Crippen MR) is 165 cm³/mol. The molecule has 0 aromatic heterocycles. The van der Waals surface area contributed by atoms with Gasteiger partial charge < -0.3 is 10.1 Å². The number of carbonyl (C=O) groups excluding carboxylic acids is 1. The number of aryl methyl sites for hydroxylation is 1. The Morgan fingerprint density at radius 3 is 1.97 bits per heavy atom. The van der Waals surface area contributed by atoms with Crippen molar-refractivity contribution in [2.75, 3.05) is 33.8 Å². The van der Waals surface area contributed by atoms with Gasteiger partial charge in [-0.25, -0.2) is 0 Å². The van der Waals surface area contributed by atoms with Crippen LogP contribution in [0.3, 0.4) is 0 Å². The van der Waals surface area contributed by atoms with Gasteiger partial charge in [0.05, 0.1) is 18.2 Å². The third kappa shape index (κ3) is 9.55. The summed E-state index contributed by atoms with van der Waals surface area (Å²) in [5, 5.41) is 3.38. The molecule has 0 saturated carbocycles. The van der Waals surface area contributed by atoms with E-state index in [-0.39, 0.29) is 11.9 Å². The minimum Gasteiger partial charge on any atom is -0.371 e. The number of unbranched alkanes of at least 4 members (excludes halogenated alkanes) is 9. The first-order valence-electron chi connectivity index (χ1n) is 15.7. The average molecular weight is 535 g/mol. The van der Waals surface area contributed by atoms with E-state index in [1.807, 2.05) is 26.2 Å². The lowest BCUT2D eigenvalue weighted by Crippen LogP contribution is -2.52. The lowest BCUT2D eigenvalue weighted by atomic mass is 9.80. The summed E-state index contributed by atoms with van der Waals surface area (Å²) >= 11 is 0. The van der Waals surface area contributed by atoms with Crippen molar-refractivity contribution in [3.8, 4) is 0 Å². The molecule has 2 aromatic rings. The number of Topliss-reactive ketones (excluding diaryl/α,β-unsaturated/α-hetero) is 1. The second-order valence-corrected chi connectivity index (χ2v) is 11.7. The van der Waals surface area contributed by atoms with Gasteiger partial charge in [-0.2, -0.15) is 0 Å². The van der Waals surface area contributed by atoms with Gasteiger partial charge in [0.1, 0.15) is 0 Å². The summed E-state index contributed by atoms with van der Waals surface area (Å²) in [4.78, 5) is 16.0. The Kier molecular flexibility index (Phi) is 13.7. The molecule has 0 radical (unpaired) electrons. The van der Waals surface area contributed by atoms with Crippen LogP contribution in [0.4, 0.5) is 0 Å². The standard InChI is InChI=1S/C35H54N2O2/c1-5-7-8-9-10-11-12-13-14-15-16-29-17-19-30(20-18-29)27-35(6-2,37(3)4)34(38)32-23-21-31(22-24-32)33-28-36-25-26-39-33/h17-24,33,36H,5-16,25-28H2,1-4H3. The third-order valence-electron chi connectivity index (χ3n) is 8.67. The van der Waals surface area contributed by atoms with Crippen molar-refractivity contribution in [1.82, 2.24) is 10.2 Å². The first-order chi connectivity index (χ1) is 19.0. The highest BCUT2D eigenvalue weighted by Crippen LogP contribution is 2.29. The summed E-state index contributed by atoms with van der Waals surface area (Å²) < 4.78 is 5.89. The summed E-state index contributed by atoms with van der Waals surface area (Å²) in [6, 6.07) is 17.1. The monoisotopic (exact) mass is 534 g/mol. The molecular formula is C35H54N2O2. The summed E-state index contributed by atoms with van der Waals surface area (Å²) in [5.41, 5.74) is 3.97. The van der Waals surface area contributed by atoms with Crippen molar-refractivity contribution < 1.29 is 9.53 Å². The van der Waals surface area contributed by atoms with E-state index in [4.69, 9.17) is 4.74 Å². The normalized spacial score (nSPS) is 17.3. The molecule has 1 saturated heterocycles. The van der Waals surface area contributed by atoms with Gasteiger partial charge in [-0.05, 0) is 56.5 Å². The van der Waals surface area contributed by atoms with Crippen molar-refractivity contribution in [3.63, 3.8) is 0 Å². The van der Waals surface area contributed by atoms with Gasteiger partial charge in [-0.15, -0.1) is 0 Å². The van der Waals surface area contributed by atoms with Crippen LogP contribution >= 0.6 is 0 Å². The maximum atomic E-state index is 13.9. The van der Waals surface area contributed by atoms with Gasteiger partial charge in [0, 0.05) is 18.7 Å². The van der Waals surface area contributed by atoms with E-state index in [9.17, 15) is 4.79 Å². The van der Waals surface area contributed by atoms with E-state index in [0.717, 1.165) is 43.7 Å². The molecular weight excluding hydrogens is 480 g/mol. The fourth-order valence-electron chi connectivity index (χ4n) is 5.92. The molecule has 4 heteroatoms. The highest BCUT2D eigenvalue weighted by molar-refractivity contribution is 6.03. The van der Waals surface area contributed by atoms with Gasteiger partial charge in [0.2, 0.25) is 0 Å². The molecule has 1 heterocycles. The molecule has 4 nitrogen and oxygen atoms in total. The van der Waals surface area contributed by atoms with Crippen LogP contribution < -0.4 is 5.32 Å². The van der Waals surface area contributed by atoms with Crippen molar-refractivity contribution in [1.29, 1.82) is 0 Å². The van der Waals surface area contributed by atoms with Crippen LogP contribution in [0.2, 0.25) is 0 Å². The Morgan fingerprint density at radius 1 is 0.846 bits per heavy atom. The number of ketones is 1. The molecule has 3 rings (SSSR count). The number of rotatable bonds is 18. The highest BCUT2D eigenvalue weighted by Gasteiger charge is 2.39. The largest absolute Gasteiger partial charge is 0.371 e. The van der Waals surface area contributed by atoms with E-state index in [1.54, 1.807) is 0 Å². The zero-order chi connectivity index (χ0) is 27.9. The molecule has 2 aromatic carbocycles. The Balaban J connectivity index is 1.51. The van der Waals surface area contributed by atoms with Crippen molar-refractivity contribution in [3.05, 3.63) is 70.8 Å². The second kappa shape index (κ2) is 16.9. The van der Waals surface area contributed by atoms with Gasteiger partial charge in [0.25, 0.3) is 0 Å². The molecule has 39 heavy (non-hydrogen) atoms. The van der Waals surface area contributed by atoms with Crippen LogP contribution in [0.25, 0.3) is 0 Å². The Morgan fingerprint density at radius 2 is 1.44 bits per heavy atom. The molecule has 1 aliphatic heterocycles. The molecule has 216 valence electrons. The van der Waals surface area contributed by atoms with Crippen LogP contribution in [-0.4, -0.2) is 50.0 Å². The smallest absolute Gasteiger partial charge is 0.183 e. The van der Waals surface area contributed by atoms with Gasteiger partial charge in [-0.1, -0.05) is 120 Å². The first kappa shape index (κ1) is 31.5. The van der Waals surface area contributed by atoms with Crippen molar-refractivity contribution in [2.45, 2.75) is 109 Å². The third-order valence-corrected chi connectivity index (χ3v) is 8.67. The molecule has 0 bridgehead atoms. The topological polar surface area (TPSA) is 41.6 Å². The Hall–Kier alpha value is -2.01. The van der Waals surface area contributed by atoms with Crippen LogP contribution in [0.1, 0.15) is 118 Å². The van der Waals surface area contributed by atoms with Crippen molar-refractivity contribution >= 4 is 5.78 Å². The fraction of sp³-hybridized carbons (Fsp3) is 0.629. The van der Waals surface area contributed by atoms with E-state index in [1.165, 1.54) is 75.3 Å². The van der Waals surface area contributed by atoms with E-state index < -0.39 is 5.54 Å². The molecule has 0 amide bonds. The van der Waals surface area contributed by atoms with E-state index in [0.29, 0.717) is 6.42 Å². The molecule has 0 aliphatic carbocycles. The zero-order valence-electron chi connectivity index (χ0n) is 25.3. The first-order valence-corrected chi connectivity index (χ1v) is 15.7. The lowest BCUT2D eigenvalue weighted by molar-refractivity contribution is 0.0277. The lowest BCUT2D eigenvalue weighted by Gasteiger charge is -2.38. The maximum absolute atomic E-state index is 13.9. The van der Waals surface area contributed by atoms with Crippen LogP contribution in [0.15, 0.2) is 48.5 Å². The number of benzene rings is 2. The minimum atomic E-state index is -0.567. The van der Waals surface area contributed by atoms with E-state index >= 15 is 0 Å². The highest BCUT2D eigenvalue weighted by atomic mass is 16.5. The number of likely N-dealkylation sites (N-methyl/N-ethyl adjacent to an activating group) is 1. The molecule has 1 fully saturated rings.